The van der Waals surface area contributed by atoms with Gasteiger partial charge < -0.3 is 10.1 Å². The summed E-state index contributed by atoms with van der Waals surface area (Å²) in [4.78, 5) is 0. The molecule has 4 nitrogen and oxygen atoms in total. The van der Waals surface area contributed by atoms with Gasteiger partial charge in [-0.25, -0.2) is 4.68 Å². The van der Waals surface area contributed by atoms with Gasteiger partial charge in [0.05, 0.1) is 18.5 Å². The van der Waals surface area contributed by atoms with Crippen LogP contribution in [0.25, 0.3) is 6.20 Å². The maximum Gasteiger partial charge on any atom is 0.142 e. The van der Waals surface area contributed by atoms with Crippen LogP contribution in [0, 0.1) is 0 Å². The van der Waals surface area contributed by atoms with Gasteiger partial charge in [0.25, 0.3) is 0 Å². The summed E-state index contributed by atoms with van der Waals surface area (Å²) in [6, 6.07) is 5.53. The van der Waals surface area contributed by atoms with Crippen LogP contribution in [0.2, 0.25) is 5.02 Å². The van der Waals surface area contributed by atoms with E-state index in [1.807, 2.05) is 31.3 Å². The van der Waals surface area contributed by atoms with Crippen LogP contribution >= 0.6 is 11.6 Å². The molecule has 0 spiro atoms. The average molecular weight is 278 g/mol. The molecule has 1 aromatic heterocycles. The van der Waals surface area contributed by atoms with Crippen molar-refractivity contribution in [3.8, 4) is 5.75 Å². The molecule has 1 heterocycles. The van der Waals surface area contributed by atoms with Gasteiger partial charge >= 0.3 is 0 Å². The monoisotopic (exact) mass is 277 g/mol. The molecule has 5 heteroatoms. The fourth-order valence-electron chi connectivity index (χ4n) is 1.69. The van der Waals surface area contributed by atoms with Gasteiger partial charge in [0.1, 0.15) is 5.75 Å². The van der Waals surface area contributed by atoms with E-state index in [-0.39, 0.29) is 0 Å². The minimum absolute atomic E-state index is 0.616. The number of nitrogens with one attached hydrogen (secondary N) is 1. The molecule has 0 atom stereocenters. The van der Waals surface area contributed by atoms with Crippen molar-refractivity contribution < 1.29 is 4.74 Å². The summed E-state index contributed by atoms with van der Waals surface area (Å²) in [5.41, 5.74) is 1.93. The summed E-state index contributed by atoms with van der Waals surface area (Å²) >= 11 is 6.00. The fourth-order valence-corrected chi connectivity index (χ4v) is 1.86. The molecule has 2 rings (SSSR count). The number of benzene rings is 1. The molecule has 0 saturated heterocycles. The number of hydrogen-bond donors (Lipinski definition) is 1. The lowest BCUT2D eigenvalue weighted by Crippen LogP contribution is -2.02. The zero-order valence-electron chi connectivity index (χ0n) is 10.8. The Labute approximate surface area is 117 Å². The zero-order valence-corrected chi connectivity index (χ0v) is 11.5. The molecule has 0 saturated carbocycles. The molecule has 0 radical (unpaired) electrons. The number of aromatic nitrogens is 2. The van der Waals surface area contributed by atoms with Crippen molar-refractivity contribution in [3.63, 3.8) is 0 Å². The Morgan fingerprint density at radius 2 is 2.37 bits per heavy atom. The SMILES string of the molecule is C=Cn1cc(CNc2cc(Cl)ccc2OCC)cn1. The van der Waals surface area contributed by atoms with Crippen molar-refractivity contribution in [1.29, 1.82) is 0 Å². The van der Waals surface area contributed by atoms with E-state index in [4.69, 9.17) is 16.3 Å². The number of anilines is 1. The van der Waals surface area contributed by atoms with Crippen molar-refractivity contribution in [3.05, 3.63) is 47.8 Å². The second kappa shape index (κ2) is 6.29. The predicted molar refractivity (Wildman–Crippen MR) is 78.6 cm³/mol. The molecule has 100 valence electrons. The maximum atomic E-state index is 6.00. The van der Waals surface area contributed by atoms with Crippen LogP contribution in [0.3, 0.4) is 0 Å². The number of halogens is 1. The van der Waals surface area contributed by atoms with E-state index in [2.05, 4.69) is 17.0 Å². The summed E-state index contributed by atoms with van der Waals surface area (Å²) in [7, 11) is 0. The molecule has 0 bridgehead atoms. The minimum atomic E-state index is 0.616. The van der Waals surface area contributed by atoms with Gasteiger partial charge in [-0.3, -0.25) is 0 Å². The zero-order chi connectivity index (χ0) is 13.7. The van der Waals surface area contributed by atoms with Crippen LogP contribution < -0.4 is 10.1 Å². The third-order valence-electron chi connectivity index (χ3n) is 2.57. The topological polar surface area (TPSA) is 39.1 Å². The van der Waals surface area contributed by atoms with Crippen molar-refractivity contribution in [2.75, 3.05) is 11.9 Å². The second-order valence-corrected chi connectivity index (χ2v) is 4.37. The van der Waals surface area contributed by atoms with E-state index < -0.39 is 0 Å². The average Bonchev–Trinajstić information content (AvgIpc) is 2.87. The van der Waals surface area contributed by atoms with Crippen LogP contribution in [0.4, 0.5) is 5.69 Å². The van der Waals surface area contributed by atoms with E-state index in [0.717, 1.165) is 17.0 Å². The molecule has 0 aliphatic heterocycles. The van der Waals surface area contributed by atoms with Crippen molar-refractivity contribution in [2.45, 2.75) is 13.5 Å². The van der Waals surface area contributed by atoms with E-state index >= 15 is 0 Å². The highest BCUT2D eigenvalue weighted by Crippen LogP contribution is 2.28. The van der Waals surface area contributed by atoms with Gasteiger partial charge in [0.15, 0.2) is 0 Å². The van der Waals surface area contributed by atoms with Crippen LogP contribution in [0.1, 0.15) is 12.5 Å². The Hall–Kier alpha value is -1.94. The summed E-state index contributed by atoms with van der Waals surface area (Å²) in [5, 5.41) is 8.09. The van der Waals surface area contributed by atoms with Gasteiger partial charge in [-0.2, -0.15) is 5.10 Å². The molecular weight excluding hydrogens is 262 g/mol. The molecule has 1 aromatic carbocycles. The van der Waals surface area contributed by atoms with Crippen LogP contribution in [-0.2, 0) is 6.54 Å². The van der Waals surface area contributed by atoms with Crippen LogP contribution in [0.15, 0.2) is 37.2 Å². The van der Waals surface area contributed by atoms with Gasteiger partial charge in [-0.1, -0.05) is 18.2 Å². The fraction of sp³-hybridized carbons (Fsp3) is 0.214. The lowest BCUT2D eigenvalue weighted by Gasteiger charge is -2.12. The lowest BCUT2D eigenvalue weighted by molar-refractivity contribution is 0.341. The second-order valence-electron chi connectivity index (χ2n) is 3.94. The summed E-state index contributed by atoms with van der Waals surface area (Å²) < 4.78 is 7.21. The van der Waals surface area contributed by atoms with E-state index in [9.17, 15) is 0 Å². The van der Waals surface area contributed by atoms with Crippen molar-refractivity contribution in [1.82, 2.24) is 9.78 Å². The Morgan fingerprint density at radius 3 is 3.05 bits per heavy atom. The molecular formula is C14H16ClN3O. The first-order valence-electron chi connectivity index (χ1n) is 6.04. The Balaban J connectivity index is 2.09. The number of hydrogen-bond acceptors (Lipinski definition) is 3. The number of rotatable bonds is 6. The predicted octanol–water partition coefficient (Wildman–Crippen LogP) is 3.65. The van der Waals surface area contributed by atoms with Crippen LogP contribution in [-0.4, -0.2) is 16.4 Å². The first kappa shape index (κ1) is 13.5. The molecule has 0 fully saturated rings. The highest BCUT2D eigenvalue weighted by molar-refractivity contribution is 6.30. The molecule has 0 aliphatic rings. The summed E-state index contributed by atoms with van der Waals surface area (Å²) in [6.45, 7) is 6.87. The Morgan fingerprint density at radius 1 is 1.53 bits per heavy atom. The Kier molecular flexibility index (Phi) is 4.47. The molecule has 0 aliphatic carbocycles. The van der Waals surface area contributed by atoms with E-state index in [1.54, 1.807) is 17.1 Å². The maximum absolute atomic E-state index is 6.00. The molecule has 1 N–H and O–H groups in total. The van der Waals surface area contributed by atoms with Gasteiger partial charge in [-0.15, -0.1) is 0 Å². The third-order valence-corrected chi connectivity index (χ3v) is 2.80. The first-order chi connectivity index (χ1) is 9.22. The van der Waals surface area contributed by atoms with Crippen LogP contribution in [0.5, 0.6) is 5.75 Å². The number of nitrogens with zero attached hydrogens (tertiary/aromatic N) is 2. The lowest BCUT2D eigenvalue weighted by atomic mass is 10.2. The number of ether oxygens (including phenoxy) is 1. The van der Waals surface area contributed by atoms with E-state index in [0.29, 0.717) is 18.2 Å². The standard InChI is InChI=1S/C14H16ClN3O/c1-3-18-10-11(9-17-18)8-16-13-7-12(15)5-6-14(13)19-4-2/h3,5-7,9-10,16H,1,4,8H2,2H3. The molecule has 19 heavy (non-hydrogen) atoms. The Bertz CT molecular complexity index is 566. The van der Waals surface area contributed by atoms with E-state index in [1.165, 1.54) is 0 Å². The molecule has 0 unspecified atom stereocenters. The minimum Gasteiger partial charge on any atom is -0.492 e. The van der Waals surface area contributed by atoms with Crippen molar-refractivity contribution in [2.24, 2.45) is 0 Å². The molecule has 2 aromatic rings. The first-order valence-corrected chi connectivity index (χ1v) is 6.42. The quantitative estimate of drug-likeness (QED) is 0.876. The third kappa shape index (κ3) is 3.51. The van der Waals surface area contributed by atoms with Gasteiger partial charge in [-0.05, 0) is 25.1 Å². The van der Waals surface area contributed by atoms with Gasteiger partial charge in [0, 0.05) is 29.5 Å². The summed E-state index contributed by atoms with van der Waals surface area (Å²) in [6.07, 6.45) is 5.35. The van der Waals surface area contributed by atoms with Gasteiger partial charge in [0.2, 0.25) is 0 Å². The summed E-state index contributed by atoms with van der Waals surface area (Å²) in [5.74, 6) is 0.794. The normalized spacial score (nSPS) is 10.2. The van der Waals surface area contributed by atoms with Crippen molar-refractivity contribution >= 4 is 23.5 Å². The highest BCUT2D eigenvalue weighted by Gasteiger charge is 2.05. The highest BCUT2D eigenvalue weighted by atomic mass is 35.5. The largest absolute Gasteiger partial charge is 0.492 e. The molecule has 0 amide bonds. The smallest absolute Gasteiger partial charge is 0.142 e.